The third-order valence-corrected chi connectivity index (χ3v) is 4.31. The Morgan fingerprint density at radius 2 is 1.88 bits per heavy atom. The molecule has 2 aromatic carbocycles. The number of carbonyl (C=O) groups excluding carboxylic acids is 1. The third kappa shape index (κ3) is 3.95. The second kappa shape index (κ2) is 7.49. The van der Waals surface area contributed by atoms with Gasteiger partial charge in [-0.2, -0.15) is 0 Å². The summed E-state index contributed by atoms with van der Waals surface area (Å²) in [5.41, 5.74) is 2.27. The van der Waals surface area contributed by atoms with Crippen molar-refractivity contribution in [2.24, 2.45) is 0 Å². The molecule has 1 amide bonds. The number of ether oxygens (including phenoxy) is 2. The van der Waals surface area contributed by atoms with E-state index in [1.54, 1.807) is 0 Å². The van der Waals surface area contributed by atoms with E-state index in [1.165, 1.54) is 5.56 Å². The van der Waals surface area contributed by atoms with Gasteiger partial charge in [-0.15, -0.1) is 0 Å². The fourth-order valence-corrected chi connectivity index (χ4v) is 2.84. The van der Waals surface area contributed by atoms with Gasteiger partial charge in [0.1, 0.15) is 11.9 Å². The summed E-state index contributed by atoms with van der Waals surface area (Å²) in [4.78, 5) is 14.4. The maximum atomic E-state index is 12.6. The Kier molecular flexibility index (Phi) is 5.16. The molecule has 2 unspecified atom stereocenters. The van der Waals surface area contributed by atoms with Gasteiger partial charge in [0.2, 0.25) is 0 Å². The van der Waals surface area contributed by atoms with E-state index in [-0.39, 0.29) is 24.7 Å². The van der Waals surface area contributed by atoms with Crippen LogP contribution >= 0.6 is 0 Å². The van der Waals surface area contributed by atoms with Gasteiger partial charge in [0, 0.05) is 0 Å². The molecule has 1 aliphatic heterocycles. The van der Waals surface area contributed by atoms with Gasteiger partial charge in [-0.25, -0.2) is 0 Å². The zero-order chi connectivity index (χ0) is 16.9. The second-order valence-corrected chi connectivity index (χ2v) is 6.23. The van der Waals surface area contributed by atoms with Crippen LogP contribution in [0.2, 0.25) is 0 Å². The highest BCUT2D eigenvalue weighted by Crippen LogP contribution is 2.25. The number of aryl methyl sites for hydroxylation is 1. The zero-order valence-corrected chi connectivity index (χ0v) is 14.1. The standard InChI is InChI=1S/C20H23NO3/c1-15-8-10-18(11-9-15)23-14-20(22)21-12-19(24-13-16(21)2)17-6-4-3-5-7-17/h3-11,16,19H,12-14H2,1-2H3. The molecule has 4 nitrogen and oxygen atoms in total. The SMILES string of the molecule is Cc1ccc(OCC(=O)N2CC(c3ccccc3)OCC2C)cc1. The molecule has 0 saturated carbocycles. The first kappa shape index (κ1) is 16.5. The van der Waals surface area contributed by atoms with E-state index in [0.717, 1.165) is 11.3 Å². The number of hydrogen-bond donors (Lipinski definition) is 0. The number of amides is 1. The lowest BCUT2D eigenvalue weighted by Crippen LogP contribution is -2.49. The van der Waals surface area contributed by atoms with Crippen molar-refractivity contribution in [3.8, 4) is 5.75 Å². The molecule has 0 spiro atoms. The number of hydrogen-bond acceptors (Lipinski definition) is 3. The van der Waals surface area contributed by atoms with E-state index in [1.807, 2.05) is 73.3 Å². The fraction of sp³-hybridized carbons (Fsp3) is 0.350. The van der Waals surface area contributed by atoms with Crippen LogP contribution in [0.5, 0.6) is 5.75 Å². The Labute approximate surface area is 143 Å². The van der Waals surface area contributed by atoms with Crippen molar-refractivity contribution in [1.82, 2.24) is 4.90 Å². The minimum absolute atomic E-state index is 0.00712. The third-order valence-electron chi connectivity index (χ3n) is 4.31. The molecule has 1 heterocycles. The number of rotatable bonds is 4. The van der Waals surface area contributed by atoms with E-state index in [9.17, 15) is 4.79 Å². The summed E-state index contributed by atoms with van der Waals surface area (Å²) in [6.45, 7) is 5.17. The summed E-state index contributed by atoms with van der Waals surface area (Å²) < 4.78 is 11.5. The van der Waals surface area contributed by atoms with Crippen molar-refractivity contribution in [2.45, 2.75) is 26.0 Å². The molecule has 2 atom stereocenters. The maximum Gasteiger partial charge on any atom is 0.260 e. The average molecular weight is 325 g/mol. The minimum atomic E-state index is -0.0780. The molecule has 0 N–H and O–H groups in total. The molecule has 126 valence electrons. The van der Waals surface area contributed by atoms with Crippen LogP contribution in [0.3, 0.4) is 0 Å². The van der Waals surface area contributed by atoms with Crippen molar-refractivity contribution in [1.29, 1.82) is 0 Å². The van der Waals surface area contributed by atoms with Crippen LogP contribution in [0.4, 0.5) is 0 Å². The van der Waals surface area contributed by atoms with Crippen LogP contribution in [0.25, 0.3) is 0 Å². The van der Waals surface area contributed by atoms with Crippen molar-refractivity contribution in [3.05, 3.63) is 65.7 Å². The van der Waals surface area contributed by atoms with Gasteiger partial charge >= 0.3 is 0 Å². The van der Waals surface area contributed by atoms with Crippen molar-refractivity contribution >= 4 is 5.91 Å². The van der Waals surface area contributed by atoms with Gasteiger partial charge in [0.15, 0.2) is 6.61 Å². The molecule has 1 aliphatic rings. The fourth-order valence-electron chi connectivity index (χ4n) is 2.84. The largest absolute Gasteiger partial charge is 0.484 e. The van der Waals surface area contributed by atoms with Crippen LogP contribution in [-0.4, -0.2) is 36.6 Å². The van der Waals surface area contributed by atoms with Crippen LogP contribution in [0.1, 0.15) is 24.2 Å². The molecule has 0 bridgehead atoms. The maximum absolute atomic E-state index is 12.6. The zero-order valence-electron chi connectivity index (χ0n) is 14.1. The molecule has 2 aromatic rings. The van der Waals surface area contributed by atoms with E-state index >= 15 is 0 Å². The molecule has 0 radical (unpaired) electrons. The van der Waals surface area contributed by atoms with Gasteiger partial charge in [-0.3, -0.25) is 4.79 Å². The molecule has 0 aromatic heterocycles. The Hall–Kier alpha value is -2.33. The summed E-state index contributed by atoms with van der Waals surface area (Å²) >= 11 is 0. The smallest absolute Gasteiger partial charge is 0.260 e. The number of benzene rings is 2. The lowest BCUT2D eigenvalue weighted by atomic mass is 10.1. The molecule has 1 fully saturated rings. The van der Waals surface area contributed by atoms with Gasteiger partial charge in [-0.1, -0.05) is 48.0 Å². The molecule has 1 saturated heterocycles. The second-order valence-electron chi connectivity index (χ2n) is 6.23. The molecular weight excluding hydrogens is 302 g/mol. The summed E-state index contributed by atoms with van der Waals surface area (Å²) in [6, 6.07) is 17.8. The summed E-state index contributed by atoms with van der Waals surface area (Å²) in [5, 5.41) is 0. The average Bonchev–Trinajstić information content (AvgIpc) is 2.62. The van der Waals surface area contributed by atoms with Crippen molar-refractivity contribution in [3.63, 3.8) is 0 Å². The van der Waals surface area contributed by atoms with Gasteiger partial charge in [0.05, 0.1) is 19.2 Å². The lowest BCUT2D eigenvalue weighted by Gasteiger charge is -2.38. The van der Waals surface area contributed by atoms with E-state index in [2.05, 4.69) is 0 Å². The number of nitrogens with zero attached hydrogens (tertiary/aromatic N) is 1. The van der Waals surface area contributed by atoms with Crippen LogP contribution < -0.4 is 4.74 Å². The highest BCUT2D eigenvalue weighted by atomic mass is 16.5. The minimum Gasteiger partial charge on any atom is -0.484 e. The monoisotopic (exact) mass is 325 g/mol. The molecular formula is C20H23NO3. The number of carbonyl (C=O) groups is 1. The Balaban J connectivity index is 1.61. The highest BCUT2D eigenvalue weighted by Gasteiger charge is 2.30. The van der Waals surface area contributed by atoms with E-state index < -0.39 is 0 Å². The highest BCUT2D eigenvalue weighted by molar-refractivity contribution is 5.78. The van der Waals surface area contributed by atoms with Crippen LogP contribution in [0, 0.1) is 6.92 Å². The first-order valence-electron chi connectivity index (χ1n) is 8.29. The van der Waals surface area contributed by atoms with E-state index in [4.69, 9.17) is 9.47 Å². The number of morpholine rings is 1. The Morgan fingerprint density at radius 1 is 1.17 bits per heavy atom. The Bertz CT molecular complexity index is 669. The predicted molar refractivity (Wildman–Crippen MR) is 93.0 cm³/mol. The molecule has 4 heteroatoms. The predicted octanol–water partition coefficient (Wildman–Crippen LogP) is 3.36. The van der Waals surface area contributed by atoms with Crippen molar-refractivity contribution in [2.75, 3.05) is 19.8 Å². The van der Waals surface area contributed by atoms with Gasteiger partial charge in [-0.05, 0) is 31.5 Å². The summed E-state index contributed by atoms with van der Waals surface area (Å²) in [5.74, 6) is 0.710. The van der Waals surface area contributed by atoms with E-state index in [0.29, 0.717) is 13.2 Å². The topological polar surface area (TPSA) is 38.8 Å². The quantitative estimate of drug-likeness (QED) is 0.865. The molecule has 0 aliphatic carbocycles. The van der Waals surface area contributed by atoms with Crippen LogP contribution in [-0.2, 0) is 9.53 Å². The normalized spacial score (nSPS) is 20.7. The van der Waals surface area contributed by atoms with Crippen molar-refractivity contribution < 1.29 is 14.3 Å². The lowest BCUT2D eigenvalue weighted by molar-refractivity contribution is -0.146. The van der Waals surface area contributed by atoms with Crippen LogP contribution in [0.15, 0.2) is 54.6 Å². The first-order chi connectivity index (χ1) is 11.6. The van der Waals surface area contributed by atoms with Gasteiger partial charge < -0.3 is 14.4 Å². The Morgan fingerprint density at radius 3 is 2.58 bits per heavy atom. The van der Waals surface area contributed by atoms with Gasteiger partial charge in [0.25, 0.3) is 5.91 Å². The first-order valence-corrected chi connectivity index (χ1v) is 8.29. The molecule has 3 rings (SSSR count). The summed E-state index contributed by atoms with van der Waals surface area (Å²) in [7, 11) is 0. The summed E-state index contributed by atoms with van der Waals surface area (Å²) in [6.07, 6.45) is -0.0780. The molecule has 24 heavy (non-hydrogen) atoms.